The van der Waals surface area contributed by atoms with Crippen LogP contribution in [0.25, 0.3) is 10.9 Å². The summed E-state index contributed by atoms with van der Waals surface area (Å²) in [6.07, 6.45) is 1.78. The molecule has 2 aromatic rings. The molecule has 1 heterocycles. The highest BCUT2D eigenvalue weighted by atomic mass is 16.2. The number of carbonyl (C=O) groups is 2. The number of amides is 1. The van der Waals surface area contributed by atoms with Gasteiger partial charge >= 0.3 is 0 Å². The fourth-order valence-electron chi connectivity index (χ4n) is 2.27. The Bertz CT molecular complexity index is 710. The Morgan fingerprint density at radius 3 is 2.71 bits per heavy atom. The summed E-state index contributed by atoms with van der Waals surface area (Å²) in [6.45, 7) is 3.93. The molecule has 21 heavy (non-hydrogen) atoms. The first-order chi connectivity index (χ1) is 10.1. The number of hydrogen-bond acceptors (Lipinski definition) is 3. The lowest BCUT2D eigenvalue weighted by atomic mass is 10.1. The van der Waals surface area contributed by atoms with Crippen molar-refractivity contribution in [3.63, 3.8) is 0 Å². The van der Waals surface area contributed by atoms with E-state index < -0.39 is 11.7 Å². The molecule has 0 atom stereocenters. The van der Waals surface area contributed by atoms with Gasteiger partial charge in [0.1, 0.15) is 0 Å². The van der Waals surface area contributed by atoms with Crippen LogP contribution in [0.2, 0.25) is 0 Å². The summed E-state index contributed by atoms with van der Waals surface area (Å²) in [5, 5.41) is 9.40. The number of rotatable bonds is 5. The summed E-state index contributed by atoms with van der Waals surface area (Å²) < 4.78 is 0. The Labute approximate surface area is 123 Å². The summed E-state index contributed by atoms with van der Waals surface area (Å²) in [7, 11) is 0. The summed E-state index contributed by atoms with van der Waals surface area (Å²) in [5.74, 6) is -1.11. The predicted molar refractivity (Wildman–Crippen MR) is 79.7 cm³/mol. The van der Waals surface area contributed by atoms with Crippen molar-refractivity contribution in [1.29, 1.82) is 5.26 Å². The van der Waals surface area contributed by atoms with Crippen LogP contribution in [0.5, 0.6) is 0 Å². The van der Waals surface area contributed by atoms with Gasteiger partial charge in [0.25, 0.3) is 11.7 Å². The molecule has 1 aromatic carbocycles. The minimum atomic E-state index is -0.565. The zero-order valence-electron chi connectivity index (χ0n) is 12.1. The van der Waals surface area contributed by atoms with Gasteiger partial charge in [0.15, 0.2) is 0 Å². The minimum absolute atomic E-state index is 0.125. The Morgan fingerprint density at radius 2 is 2.05 bits per heavy atom. The van der Waals surface area contributed by atoms with E-state index in [1.54, 1.807) is 12.3 Å². The molecule has 1 amide bonds. The topological polar surface area (TPSA) is 77.0 Å². The van der Waals surface area contributed by atoms with Gasteiger partial charge in [-0.15, -0.1) is 0 Å². The van der Waals surface area contributed by atoms with Crippen LogP contribution in [-0.2, 0) is 4.79 Å². The van der Waals surface area contributed by atoms with E-state index in [1.807, 2.05) is 38.1 Å². The lowest BCUT2D eigenvalue weighted by Crippen LogP contribution is -2.41. The molecule has 0 spiro atoms. The van der Waals surface area contributed by atoms with Gasteiger partial charge in [-0.05, 0) is 19.9 Å². The minimum Gasteiger partial charge on any atom is -0.360 e. The van der Waals surface area contributed by atoms with Crippen molar-refractivity contribution < 1.29 is 9.59 Å². The lowest BCUT2D eigenvalue weighted by molar-refractivity contribution is -0.127. The van der Waals surface area contributed by atoms with Crippen LogP contribution >= 0.6 is 0 Å². The standard InChI is InChI=1S/C16H17N3O2/c1-11(2)19(9-5-8-17)16(21)15(20)13-10-18-14-7-4-3-6-12(13)14/h3-4,6-7,10-11,18H,5,9H2,1-2H3. The van der Waals surface area contributed by atoms with E-state index in [9.17, 15) is 9.59 Å². The zero-order chi connectivity index (χ0) is 15.4. The van der Waals surface area contributed by atoms with Crippen molar-refractivity contribution in [2.45, 2.75) is 26.3 Å². The fraction of sp³-hybridized carbons (Fsp3) is 0.312. The van der Waals surface area contributed by atoms with Gasteiger partial charge in [-0.2, -0.15) is 5.26 Å². The van der Waals surface area contributed by atoms with Crippen LogP contribution in [0.15, 0.2) is 30.5 Å². The first-order valence-electron chi connectivity index (χ1n) is 6.84. The molecule has 1 aromatic heterocycles. The van der Waals surface area contributed by atoms with Crippen molar-refractivity contribution >= 4 is 22.6 Å². The summed E-state index contributed by atoms with van der Waals surface area (Å²) in [4.78, 5) is 29.2. The second kappa shape index (κ2) is 6.23. The first-order valence-corrected chi connectivity index (χ1v) is 6.84. The molecular formula is C16H17N3O2. The van der Waals surface area contributed by atoms with E-state index in [0.717, 1.165) is 10.9 Å². The molecule has 108 valence electrons. The van der Waals surface area contributed by atoms with Crippen molar-refractivity contribution in [3.8, 4) is 6.07 Å². The maximum atomic E-state index is 12.4. The van der Waals surface area contributed by atoms with Crippen LogP contribution in [0.3, 0.4) is 0 Å². The van der Waals surface area contributed by atoms with Gasteiger partial charge in [0.2, 0.25) is 0 Å². The number of hydrogen-bond donors (Lipinski definition) is 1. The number of carbonyl (C=O) groups excluding carboxylic acids is 2. The highest BCUT2D eigenvalue weighted by Crippen LogP contribution is 2.19. The number of aromatic amines is 1. The van der Waals surface area contributed by atoms with Crippen LogP contribution in [0.1, 0.15) is 30.6 Å². The Hall–Kier alpha value is -2.61. The molecule has 0 saturated carbocycles. The van der Waals surface area contributed by atoms with E-state index in [-0.39, 0.29) is 19.0 Å². The van der Waals surface area contributed by atoms with Crippen molar-refractivity contribution in [1.82, 2.24) is 9.88 Å². The monoisotopic (exact) mass is 283 g/mol. The SMILES string of the molecule is CC(C)N(CCC#N)C(=O)C(=O)c1c[nH]c2ccccc12. The Kier molecular flexibility index (Phi) is 4.39. The van der Waals surface area contributed by atoms with Gasteiger partial charge < -0.3 is 9.88 Å². The Balaban J connectivity index is 2.30. The Morgan fingerprint density at radius 1 is 1.33 bits per heavy atom. The molecule has 0 radical (unpaired) electrons. The number of para-hydroxylation sites is 1. The third kappa shape index (κ3) is 2.95. The van der Waals surface area contributed by atoms with Crippen LogP contribution < -0.4 is 0 Å². The smallest absolute Gasteiger partial charge is 0.295 e. The second-order valence-corrected chi connectivity index (χ2v) is 5.08. The van der Waals surface area contributed by atoms with Gasteiger partial charge in [0.05, 0.1) is 18.1 Å². The number of Topliss-reactive ketones (excluding diaryl/α,β-unsaturated/α-hetero) is 1. The third-order valence-electron chi connectivity index (χ3n) is 3.38. The van der Waals surface area contributed by atoms with E-state index in [2.05, 4.69) is 4.98 Å². The number of nitrogens with zero attached hydrogens (tertiary/aromatic N) is 2. The zero-order valence-corrected chi connectivity index (χ0v) is 12.1. The van der Waals surface area contributed by atoms with Crippen molar-refractivity contribution in [2.24, 2.45) is 0 Å². The molecule has 5 heteroatoms. The van der Waals surface area contributed by atoms with E-state index in [1.165, 1.54) is 4.90 Å². The predicted octanol–water partition coefficient (Wildman–Crippen LogP) is 2.50. The number of aromatic nitrogens is 1. The second-order valence-electron chi connectivity index (χ2n) is 5.08. The summed E-state index contributed by atoms with van der Waals surface area (Å²) in [5.41, 5.74) is 1.19. The quantitative estimate of drug-likeness (QED) is 0.676. The van der Waals surface area contributed by atoms with E-state index in [0.29, 0.717) is 5.56 Å². The molecule has 0 saturated heterocycles. The van der Waals surface area contributed by atoms with E-state index in [4.69, 9.17) is 5.26 Å². The van der Waals surface area contributed by atoms with E-state index >= 15 is 0 Å². The molecule has 0 bridgehead atoms. The average molecular weight is 283 g/mol. The molecule has 1 N–H and O–H groups in total. The number of ketones is 1. The highest BCUT2D eigenvalue weighted by Gasteiger charge is 2.26. The molecule has 5 nitrogen and oxygen atoms in total. The van der Waals surface area contributed by atoms with Crippen molar-refractivity contribution in [3.05, 3.63) is 36.0 Å². The number of nitrogens with one attached hydrogen (secondary N) is 1. The van der Waals surface area contributed by atoms with Crippen LogP contribution in [0, 0.1) is 11.3 Å². The molecular weight excluding hydrogens is 266 g/mol. The lowest BCUT2D eigenvalue weighted by Gasteiger charge is -2.24. The number of H-pyrrole nitrogens is 1. The molecule has 0 aliphatic rings. The van der Waals surface area contributed by atoms with Crippen LogP contribution in [0.4, 0.5) is 0 Å². The normalized spacial score (nSPS) is 10.6. The molecule has 0 aliphatic carbocycles. The number of nitriles is 1. The van der Waals surface area contributed by atoms with Gasteiger partial charge in [0, 0.05) is 29.7 Å². The fourth-order valence-corrected chi connectivity index (χ4v) is 2.27. The maximum Gasteiger partial charge on any atom is 0.295 e. The molecule has 0 aliphatic heterocycles. The molecule has 0 fully saturated rings. The third-order valence-corrected chi connectivity index (χ3v) is 3.38. The first kappa shape index (κ1) is 14.8. The molecule has 2 rings (SSSR count). The average Bonchev–Trinajstić information content (AvgIpc) is 2.90. The maximum absolute atomic E-state index is 12.4. The largest absolute Gasteiger partial charge is 0.360 e. The summed E-state index contributed by atoms with van der Waals surface area (Å²) in [6, 6.07) is 9.23. The van der Waals surface area contributed by atoms with Crippen molar-refractivity contribution in [2.75, 3.05) is 6.54 Å². The summed E-state index contributed by atoms with van der Waals surface area (Å²) >= 11 is 0. The molecule has 0 unspecified atom stereocenters. The van der Waals surface area contributed by atoms with Crippen LogP contribution in [-0.4, -0.2) is 34.2 Å². The van der Waals surface area contributed by atoms with Gasteiger partial charge in [-0.25, -0.2) is 0 Å². The van der Waals surface area contributed by atoms with Gasteiger partial charge in [-0.1, -0.05) is 18.2 Å². The number of benzene rings is 1. The van der Waals surface area contributed by atoms with Gasteiger partial charge in [-0.3, -0.25) is 9.59 Å². The highest BCUT2D eigenvalue weighted by molar-refractivity contribution is 6.44. The number of fused-ring (bicyclic) bond motifs is 1.